The summed E-state index contributed by atoms with van der Waals surface area (Å²) in [5.41, 5.74) is 1.16. The van der Waals surface area contributed by atoms with E-state index in [0.29, 0.717) is 24.9 Å². The summed E-state index contributed by atoms with van der Waals surface area (Å²) in [4.78, 5) is 11.5. The molecule has 0 aliphatic heterocycles. The van der Waals surface area contributed by atoms with Crippen LogP contribution in [0.4, 0.5) is 0 Å². The Morgan fingerprint density at radius 2 is 2.14 bits per heavy atom. The van der Waals surface area contributed by atoms with Gasteiger partial charge < -0.3 is 20.1 Å². The summed E-state index contributed by atoms with van der Waals surface area (Å²) in [6, 6.07) is 6.28. The van der Waals surface area contributed by atoms with Crippen LogP contribution in [0.15, 0.2) is 22.7 Å². The van der Waals surface area contributed by atoms with Gasteiger partial charge in [0, 0.05) is 26.2 Å². The zero-order valence-corrected chi connectivity index (χ0v) is 14.3. The number of ether oxygens (including phenoxy) is 2. The van der Waals surface area contributed by atoms with E-state index in [-0.39, 0.29) is 12.5 Å². The van der Waals surface area contributed by atoms with Crippen molar-refractivity contribution in [1.29, 1.82) is 0 Å². The van der Waals surface area contributed by atoms with E-state index in [0.717, 1.165) is 16.6 Å². The van der Waals surface area contributed by atoms with Crippen molar-refractivity contribution < 1.29 is 14.3 Å². The Bertz CT molecular complexity index is 453. The lowest BCUT2D eigenvalue weighted by Gasteiger charge is -2.11. The van der Waals surface area contributed by atoms with Gasteiger partial charge in [-0.1, -0.05) is 19.9 Å². The van der Waals surface area contributed by atoms with E-state index >= 15 is 0 Å². The summed E-state index contributed by atoms with van der Waals surface area (Å²) in [5, 5.41) is 6.05. The highest BCUT2D eigenvalue weighted by molar-refractivity contribution is 9.10. The van der Waals surface area contributed by atoms with Crippen molar-refractivity contribution in [3.8, 4) is 5.75 Å². The topological polar surface area (TPSA) is 59.6 Å². The molecule has 5 nitrogen and oxygen atoms in total. The van der Waals surface area contributed by atoms with Gasteiger partial charge in [0.15, 0.2) is 6.61 Å². The largest absolute Gasteiger partial charge is 0.483 e. The number of hydrogen-bond acceptors (Lipinski definition) is 4. The van der Waals surface area contributed by atoms with E-state index in [1.807, 2.05) is 18.2 Å². The van der Waals surface area contributed by atoms with Gasteiger partial charge in [-0.3, -0.25) is 4.79 Å². The molecule has 6 heteroatoms. The molecule has 0 aliphatic rings. The summed E-state index contributed by atoms with van der Waals surface area (Å²) in [7, 11) is 1.59. The van der Waals surface area contributed by atoms with Crippen molar-refractivity contribution in [3.05, 3.63) is 28.2 Å². The second kappa shape index (κ2) is 9.76. The van der Waals surface area contributed by atoms with Crippen molar-refractivity contribution in [1.82, 2.24) is 10.6 Å². The van der Waals surface area contributed by atoms with E-state index < -0.39 is 0 Å². The van der Waals surface area contributed by atoms with Crippen molar-refractivity contribution in [2.75, 3.05) is 26.9 Å². The van der Waals surface area contributed by atoms with Gasteiger partial charge in [-0.25, -0.2) is 0 Å². The third-order valence-corrected chi connectivity index (χ3v) is 3.32. The number of carbonyl (C=O) groups is 1. The van der Waals surface area contributed by atoms with Crippen molar-refractivity contribution in [3.63, 3.8) is 0 Å². The Hall–Kier alpha value is -1.11. The van der Waals surface area contributed by atoms with Crippen LogP contribution < -0.4 is 15.4 Å². The molecule has 1 amide bonds. The number of carbonyl (C=O) groups excluding carboxylic acids is 1. The van der Waals surface area contributed by atoms with Crippen LogP contribution in [-0.2, 0) is 16.1 Å². The van der Waals surface area contributed by atoms with Crippen LogP contribution in [0.5, 0.6) is 5.75 Å². The number of amides is 1. The molecule has 0 saturated carbocycles. The van der Waals surface area contributed by atoms with Crippen molar-refractivity contribution in [2.24, 2.45) is 0 Å². The SMILES string of the molecule is COCCNC(=O)COc1ccc(CNC(C)C)cc1Br. The van der Waals surface area contributed by atoms with Crippen LogP contribution in [0.1, 0.15) is 19.4 Å². The van der Waals surface area contributed by atoms with Crippen molar-refractivity contribution in [2.45, 2.75) is 26.4 Å². The molecule has 0 bridgehead atoms. The molecule has 0 aromatic heterocycles. The van der Waals surface area contributed by atoms with Gasteiger partial charge in [0.2, 0.25) is 0 Å². The number of hydrogen-bond donors (Lipinski definition) is 2. The highest BCUT2D eigenvalue weighted by Gasteiger charge is 2.06. The minimum Gasteiger partial charge on any atom is -0.483 e. The molecule has 0 aliphatic carbocycles. The van der Waals surface area contributed by atoms with Crippen LogP contribution in [-0.4, -0.2) is 38.8 Å². The first-order chi connectivity index (χ1) is 10.0. The van der Waals surface area contributed by atoms with Gasteiger partial charge in [-0.2, -0.15) is 0 Å². The number of methoxy groups -OCH3 is 1. The molecule has 0 radical (unpaired) electrons. The molecule has 0 atom stereocenters. The number of halogens is 1. The molecule has 0 heterocycles. The van der Waals surface area contributed by atoms with Crippen LogP contribution in [0.3, 0.4) is 0 Å². The Kier molecular flexibility index (Phi) is 8.34. The summed E-state index contributed by atoms with van der Waals surface area (Å²) in [6.07, 6.45) is 0. The van der Waals surface area contributed by atoms with E-state index in [4.69, 9.17) is 9.47 Å². The van der Waals surface area contributed by atoms with E-state index in [1.54, 1.807) is 7.11 Å². The molecule has 1 aromatic carbocycles. The summed E-state index contributed by atoms with van der Waals surface area (Å²) in [6.45, 7) is 5.98. The highest BCUT2D eigenvalue weighted by atomic mass is 79.9. The first-order valence-electron chi connectivity index (χ1n) is 6.93. The maximum absolute atomic E-state index is 11.5. The first kappa shape index (κ1) is 17.9. The van der Waals surface area contributed by atoms with Crippen LogP contribution in [0, 0.1) is 0 Å². The maximum Gasteiger partial charge on any atom is 0.258 e. The van der Waals surface area contributed by atoms with E-state index in [2.05, 4.69) is 40.4 Å². The second-order valence-corrected chi connectivity index (χ2v) is 5.79. The third-order valence-electron chi connectivity index (χ3n) is 2.70. The fraction of sp³-hybridized carbons (Fsp3) is 0.533. The lowest BCUT2D eigenvalue weighted by molar-refractivity contribution is -0.123. The molecule has 1 rings (SSSR count). The smallest absolute Gasteiger partial charge is 0.258 e. The average Bonchev–Trinajstić information content (AvgIpc) is 2.44. The molecule has 0 spiro atoms. The quantitative estimate of drug-likeness (QED) is 0.663. The predicted molar refractivity (Wildman–Crippen MR) is 86.5 cm³/mol. The molecular weight excluding hydrogens is 336 g/mol. The van der Waals surface area contributed by atoms with Crippen molar-refractivity contribution >= 4 is 21.8 Å². The van der Waals surface area contributed by atoms with Gasteiger partial charge in [0.05, 0.1) is 11.1 Å². The van der Waals surface area contributed by atoms with Crippen LogP contribution in [0.2, 0.25) is 0 Å². The predicted octanol–water partition coefficient (Wildman–Crippen LogP) is 2.09. The van der Waals surface area contributed by atoms with Gasteiger partial charge in [-0.15, -0.1) is 0 Å². The summed E-state index contributed by atoms with van der Waals surface area (Å²) in [5.74, 6) is 0.495. The standard InChI is InChI=1S/C15H23BrN2O3/c1-11(2)18-9-12-4-5-14(13(16)8-12)21-10-15(19)17-6-7-20-3/h4-5,8,11,18H,6-7,9-10H2,1-3H3,(H,17,19). The molecule has 118 valence electrons. The normalized spacial score (nSPS) is 10.7. The molecule has 2 N–H and O–H groups in total. The van der Waals surface area contributed by atoms with Crippen LogP contribution >= 0.6 is 15.9 Å². The second-order valence-electron chi connectivity index (χ2n) is 4.93. The lowest BCUT2D eigenvalue weighted by atomic mass is 10.2. The lowest BCUT2D eigenvalue weighted by Crippen LogP contribution is -2.31. The average molecular weight is 359 g/mol. The maximum atomic E-state index is 11.5. The first-order valence-corrected chi connectivity index (χ1v) is 7.72. The number of benzene rings is 1. The fourth-order valence-corrected chi connectivity index (χ4v) is 2.12. The van der Waals surface area contributed by atoms with Gasteiger partial charge in [0.1, 0.15) is 5.75 Å². The molecule has 0 saturated heterocycles. The summed E-state index contributed by atoms with van der Waals surface area (Å²) < 4.78 is 11.2. The molecule has 21 heavy (non-hydrogen) atoms. The molecule has 0 unspecified atom stereocenters. The van der Waals surface area contributed by atoms with Crippen LogP contribution in [0.25, 0.3) is 0 Å². The molecule has 0 fully saturated rings. The highest BCUT2D eigenvalue weighted by Crippen LogP contribution is 2.26. The Labute approximate surface area is 134 Å². The fourth-order valence-electron chi connectivity index (χ4n) is 1.58. The number of rotatable bonds is 9. The third kappa shape index (κ3) is 7.45. The van der Waals surface area contributed by atoms with E-state index in [1.165, 1.54) is 0 Å². The monoisotopic (exact) mass is 358 g/mol. The van der Waals surface area contributed by atoms with Gasteiger partial charge in [0.25, 0.3) is 5.91 Å². The molecule has 1 aromatic rings. The zero-order valence-electron chi connectivity index (χ0n) is 12.7. The Morgan fingerprint density at radius 1 is 1.38 bits per heavy atom. The Morgan fingerprint density at radius 3 is 2.76 bits per heavy atom. The Balaban J connectivity index is 2.43. The number of nitrogens with one attached hydrogen (secondary N) is 2. The minimum absolute atomic E-state index is 0.00803. The van der Waals surface area contributed by atoms with E-state index in [9.17, 15) is 4.79 Å². The molecular formula is C15H23BrN2O3. The zero-order chi connectivity index (χ0) is 15.7. The summed E-state index contributed by atoms with van der Waals surface area (Å²) >= 11 is 3.46. The van der Waals surface area contributed by atoms with Gasteiger partial charge >= 0.3 is 0 Å². The minimum atomic E-state index is -0.162. The van der Waals surface area contributed by atoms with Gasteiger partial charge in [-0.05, 0) is 33.6 Å².